The van der Waals surface area contributed by atoms with Crippen LogP contribution in [0.4, 0.5) is 5.82 Å². The van der Waals surface area contributed by atoms with Crippen molar-refractivity contribution in [2.24, 2.45) is 0 Å². The van der Waals surface area contributed by atoms with Gasteiger partial charge < -0.3 is 19.3 Å². The van der Waals surface area contributed by atoms with Crippen LogP contribution in [0.5, 0.6) is 0 Å². The zero-order chi connectivity index (χ0) is 17.1. The molecule has 0 radical (unpaired) electrons. The summed E-state index contributed by atoms with van der Waals surface area (Å²) < 4.78 is 10.1. The Bertz CT molecular complexity index is 634. The van der Waals surface area contributed by atoms with E-state index in [9.17, 15) is 9.59 Å². The number of pyridine rings is 1. The van der Waals surface area contributed by atoms with E-state index in [0.29, 0.717) is 24.0 Å². The van der Waals surface area contributed by atoms with Crippen molar-refractivity contribution in [2.75, 3.05) is 44.9 Å². The highest BCUT2D eigenvalue weighted by molar-refractivity contribution is 6.33. The van der Waals surface area contributed by atoms with Gasteiger partial charge in [0.1, 0.15) is 11.5 Å². The van der Waals surface area contributed by atoms with Crippen molar-refractivity contribution < 1.29 is 19.1 Å². The van der Waals surface area contributed by atoms with E-state index in [0.717, 1.165) is 25.9 Å². The molecule has 8 heteroatoms. The molecule has 2 fully saturated rings. The summed E-state index contributed by atoms with van der Waals surface area (Å²) in [4.78, 5) is 32.7. The molecule has 0 aliphatic carbocycles. The molecule has 0 saturated carbocycles. The quantitative estimate of drug-likeness (QED) is 0.764. The van der Waals surface area contributed by atoms with Gasteiger partial charge in [0.25, 0.3) is 5.91 Å². The zero-order valence-electron chi connectivity index (χ0n) is 13.5. The fraction of sp³-hybridized carbons (Fsp3) is 0.562. The zero-order valence-corrected chi connectivity index (χ0v) is 14.3. The predicted molar refractivity (Wildman–Crippen MR) is 88.4 cm³/mol. The lowest BCUT2D eigenvalue weighted by atomic mass is 10.2. The van der Waals surface area contributed by atoms with Gasteiger partial charge in [0, 0.05) is 19.6 Å². The summed E-state index contributed by atoms with van der Waals surface area (Å²) in [6, 6.07) is 2.53. The van der Waals surface area contributed by atoms with E-state index < -0.39 is 12.0 Å². The maximum absolute atomic E-state index is 12.8. The fourth-order valence-corrected chi connectivity index (χ4v) is 3.25. The van der Waals surface area contributed by atoms with Gasteiger partial charge in [-0.1, -0.05) is 11.6 Å². The number of esters is 1. The van der Waals surface area contributed by atoms with Gasteiger partial charge in [-0.25, -0.2) is 9.78 Å². The van der Waals surface area contributed by atoms with Crippen molar-refractivity contribution in [1.29, 1.82) is 0 Å². The molecule has 24 heavy (non-hydrogen) atoms. The van der Waals surface area contributed by atoms with Crippen LogP contribution < -0.4 is 4.90 Å². The first-order valence-electron chi connectivity index (χ1n) is 8.00. The second-order valence-electron chi connectivity index (χ2n) is 5.81. The molecule has 2 saturated heterocycles. The van der Waals surface area contributed by atoms with Crippen LogP contribution in [0, 0.1) is 0 Å². The van der Waals surface area contributed by atoms with Gasteiger partial charge >= 0.3 is 5.97 Å². The van der Waals surface area contributed by atoms with E-state index in [4.69, 9.17) is 21.1 Å². The minimum Gasteiger partial charge on any atom is -0.467 e. The molecule has 3 heterocycles. The summed E-state index contributed by atoms with van der Waals surface area (Å²) in [5.41, 5.74) is 0.275. The molecule has 2 aliphatic heterocycles. The van der Waals surface area contributed by atoms with E-state index in [-0.39, 0.29) is 18.2 Å². The van der Waals surface area contributed by atoms with Crippen molar-refractivity contribution in [2.45, 2.75) is 18.9 Å². The number of nitrogens with zero attached hydrogens (tertiary/aromatic N) is 3. The van der Waals surface area contributed by atoms with E-state index in [1.165, 1.54) is 12.0 Å². The minimum absolute atomic E-state index is 0.130. The van der Waals surface area contributed by atoms with Crippen LogP contribution in [0.2, 0.25) is 5.02 Å². The third-order valence-electron chi connectivity index (χ3n) is 4.31. The number of rotatable bonds is 3. The van der Waals surface area contributed by atoms with E-state index >= 15 is 0 Å². The number of hydrogen-bond donors (Lipinski definition) is 0. The molecule has 2 aliphatic rings. The van der Waals surface area contributed by atoms with Gasteiger partial charge in [-0.05, 0) is 25.0 Å². The van der Waals surface area contributed by atoms with Crippen molar-refractivity contribution >= 4 is 29.3 Å². The first-order valence-corrected chi connectivity index (χ1v) is 8.37. The Morgan fingerprint density at radius 1 is 1.29 bits per heavy atom. The van der Waals surface area contributed by atoms with Gasteiger partial charge in [-0.3, -0.25) is 4.79 Å². The summed E-state index contributed by atoms with van der Waals surface area (Å²) in [6.07, 6.45) is 2.17. The number of aromatic nitrogens is 1. The molecule has 130 valence electrons. The molecule has 1 unspecified atom stereocenters. The van der Waals surface area contributed by atoms with Crippen molar-refractivity contribution in [3.63, 3.8) is 0 Å². The highest BCUT2D eigenvalue weighted by Crippen LogP contribution is 2.27. The highest BCUT2D eigenvalue weighted by Gasteiger charge is 2.35. The first kappa shape index (κ1) is 17.0. The topological polar surface area (TPSA) is 72.0 Å². The van der Waals surface area contributed by atoms with Gasteiger partial charge in [0.15, 0.2) is 6.04 Å². The van der Waals surface area contributed by atoms with Gasteiger partial charge in [-0.15, -0.1) is 0 Å². The molecule has 0 spiro atoms. The lowest BCUT2D eigenvalue weighted by Gasteiger charge is -2.33. The van der Waals surface area contributed by atoms with Crippen molar-refractivity contribution in [3.05, 3.63) is 22.8 Å². The molecule has 3 rings (SSSR count). The molecule has 7 nitrogen and oxygen atoms in total. The second-order valence-corrected chi connectivity index (χ2v) is 6.22. The molecule has 0 N–H and O–H groups in total. The molecular formula is C16H20ClN3O4. The van der Waals surface area contributed by atoms with Crippen LogP contribution >= 0.6 is 11.6 Å². The Kier molecular flexibility index (Phi) is 5.20. The minimum atomic E-state index is -0.746. The van der Waals surface area contributed by atoms with Gasteiger partial charge in [-0.2, -0.15) is 0 Å². The standard InChI is InChI=1S/C16H20ClN3O4/c1-23-16(22)13-10-24-9-8-20(13)15(21)12-5-4-11(17)14(18-12)19-6-2-3-7-19/h4-5,13H,2-3,6-10H2,1H3. The number of carbonyl (C=O) groups excluding carboxylic acids is 2. The van der Waals surface area contributed by atoms with Crippen LogP contribution in [-0.4, -0.2) is 67.8 Å². The number of ether oxygens (including phenoxy) is 2. The van der Waals surface area contributed by atoms with Crippen LogP contribution in [0.3, 0.4) is 0 Å². The normalized spacial score (nSPS) is 21.0. The van der Waals surface area contributed by atoms with Crippen LogP contribution in [0.25, 0.3) is 0 Å². The third-order valence-corrected chi connectivity index (χ3v) is 4.61. The Labute approximate surface area is 145 Å². The maximum atomic E-state index is 12.8. The Morgan fingerprint density at radius 3 is 2.75 bits per heavy atom. The molecular weight excluding hydrogens is 334 g/mol. The summed E-state index contributed by atoms with van der Waals surface area (Å²) in [5, 5.41) is 0.528. The number of carbonyl (C=O) groups is 2. The number of morpholine rings is 1. The van der Waals surface area contributed by atoms with Crippen LogP contribution in [0.15, 0.2) is 12.1 Å². The lowest BCUT2D eigenvalue weighted by Crippen LogP contribution is -2.53. The third kappa shape index (κ3) is 3.32. The maximum Gasteiger partial charge on any atom is 0.331 e. The molecule has 1 atom stereocenters. The number of anilines is 1. The molecule has 0 aromatic carbocycles. The lowest BCUT2D eigenvalue weighted by molar-refractivity contribution is -0.151. The fourth-order valence-electron chi connectivity index (χ4n) is 3.03. The molecule has 1 aromatic rings. The van der Waals surface area contributed by atoms with Crippen LogP contribution in [0.1, 0.15) is 23.3 Å². The SMILES string of the molecule is COC(=O)C1COCCN1C(=O)c1ccc(Cl)c(N2CCCC2)n1. The molecule has 1 aromatic heterocycles. The summed E-state index contributed by atoms with van der Waals surface area (Å²) >= 11 is 6.25. The monoisotopic (exact) mass is 353 g/mol. The Balaban J connectivity index is 1.85. The number of amides is 1. The summed E-state index contributed by atoms with van der Waals surface area (Å²) in [5.74, 6) is -0.175. The first-order chi connectivity index (χ1) is 11.6. The predicted octanol–water partition coefficient (Wildman–Crippen LogP) is 1.35. The Morgan fingerprint density at radius 2 is 2.04 bits per heavy atom. The summed E-state index contributed by atoms with van der Waals surface area (Å²) in [6.45, 7) is 2.60. The molecule has 1 amide bonds. The van der Waals surface area contributed by atoms with Crippen molar-refractivity contribution in [1.82, 2.24) is 9.88 Å². The number of halogens is 1. The second kappa shape index (κ2) is 7.36. The van der Waals surface area contributed by atoms with E-state index in [1.807, 2.05) is 0 Å². The molecule has 0 bridgehead atoms. The average Bonchev–Trinajstić information content (AvgIpc) is 3.15. The summed E-state index contributed by atoms with van der Waals surface area (Å²) in [7, 11) is 1.30. The van der Waals surface area contributed by atoms with Gasteiger partial charge in [0.05, 0.1) is 25.3 Å². The van der Waals surface area contributed by atoms with E-state index in [1.54, 1.807) is 12.1 Å². The van der Waals surface area contributed by atoms with Crippen LogP contribution in [-0.2, 0) is 14.3 Å². The smallest absolute Gasteiger partial charge is 0.331 e. The average molecular weight is 354 g/mol. The largest absolute Gasteiger partial charge is 0.467 e. The number of hydrogen-bond acceptors (Lipinski definition) is 6. The number of methoxy groups -OCH3 is 1. The van der Waals surface area contributed by atoms with Gasteiger partial charge in [0.2, 0.25) is 0 Å². The van der Waals surface area contributed by atoms with Crippen molar-refractivity contribution in [3.8, 4) is 0 Å². The Hall–Kier alpha value is -1.86. The highest BCUT2D eigenvalue weighted by atomic mass is 35.5. The van der Waals surface area contributed by atoms with E-state index in [2.05, 4.69) is 9.88 Å².